The van der Waals surface area contributed by atoms with Crippen LogP contribution in [-0.4, -0.2) is 29.0 Å². The van der Waals surface area contributed by atoms with Crippen LogP contribution in [0.15, 0.2) is 199 Å². The topological polar surface area (TPSA) is 97.2 Å². The van der Waals surface area contributed by atoms with Gasteiger partial charge in [0, 0.05) is 0 Å². The zero-order chi connectivity index (χ0) is 40.2. The number of benzene rings is 6. The lowest BCUT2D eigenvalue weighted by Gasteiger charge is -2.27. The van der Waals surface area contributed by atoms with Crippen molar-refractivity contribution in [3.63, 3.8) is 0 Å². The van der Waals surface area contributed by atoms with Gasteiger partial charge in [-0.25, -0.2) is 9.11 Å². The maximum absolute atomic E-state index is 14.6. The molecule has 294 valence electrons. The van der Waals surface area contributed by atoms with Gasteiger partial charge in [0.05, 0.1) is 29.4 Å². The molecule has 0 spiro atoms. The normalized spacial score (nSPS) is 15.2. The Bertz CT molecular complexity index is 2220. The summed E-state index contributed by atoms with van der Waals surface area (Å²) in [5.74, 6) is -1.31. The van der Waals surface area contributed by atoms with Crippen molar-refractivity contribution in [2.24, 2.45) is 0 Å². The number of rotatable bonds is 11. The second-order valence-corrected chi connectivity index (χ2v) is 24.9. The molecule has 10 heteroatoms. The first kappa shape index (κ1) is 41.5. The van der Waals surface area contributed by atoms with Crippen LogP contribution >= 0.6 is 20.6 Å². The molecule has 0 bridgehead atoms. The van der Waals surface area contributed by atoms with E-state index < -0.39 is 52.4 Å². The Hall–Kier alpha value is -4.16. The van der Waals surface area contributed by atoms with Crippen LogP contribution in [0.4, 0.5) is 0 Å². The molecule has 2 unspecified atom stereocenters. The molecular formula is C46H52O6S4+2. The molecule has 0 fully saturated rings. The van der Waals surface area contributed by atoms with Gasteiger partial charge in [0.15, 0.2) is 20.6 Å². The SMILES string of the molecule is CC(C)(C)c1ccc(S([O+]=S(=O)(O)CCS(=O)(O)=[O+]S(c2ccccc2)(c2ccccc2)c2ccc(C(C)(C)C)cc2)(c2ccccc2)c2ccccc2)cc1. The maximum atomic E-state index is 14.6. The predicted molar refractivity (Wildman–Crippen MR) is 233 cm³/mol. The largest absolute Gasteiger partial charge is 0.424 e. The lowest BCUT2D eigenvalue weighted by Crippen LogP contribution is -2.21. The van der Waals surface area contributed by atoms with Crippen molar-refractivity contribution in [3.05, 3.63) is 181 Å². The van der Waals surface area contributed by atoms with Gasteiger partial charge in [-0.1, -0.05) is 139 Å². The highest BCUT2D eigenvalue weighted by molar-refractivity contribution is 8.31. The molecule has 0 heterocycles. The molecule has 0 aliphatic heterocycles. The summed E-state index contributed by atoms with van der Waals surface area (Å²) in [5.41, 5.74) is 1.98. The van der Waals surface area contributed by atoms with Gasteiger partial charge >= 0.3 is 20.2 Å². The van der Waals surface area contributed by atoms with E-state index in [0.717, 1.165) is 20.9 Å². The van der Waals surface area contributed by atoms with Gasteiger partial charge < -0.3 is 0 Å². The van der Waals surface area contributed by atoms with E-state index in [4.69, 9.17) is 6.57 Å². The molecule has 0 saturated heterocycles. The van der Waals surface area contributed by atoms with E-state index in [0.29, 0.717) is 19.6 Å². The third kappa shape index (κ3) is 9.01. The summed E-state index contributed by atoms with van der Waals surface area (Å²) >= 11 is 0. The Morgan fingerprint density at radius 3 is 0.804 bits per heavy atom. The van der Waals surface area contributed by atoms with Gasteiger partial charge in [0.1, 0.15) is 11.5 Å². The minimum Gasteiger partial charge on any atom is -0.245 e. The van der Waals surface area contributed by atoms with Crippen LogP contribution < -0.4 is 0 Å². The third-order valence-corrected chi connectivity index (χ3v) is 20.1. The van der Waals surface area contributed by atoms with Crippen molar-refractivity contribution in [1.82, 2.24) is 0 Å². The van der Waals surface area contributed by atoms with Gasteiger partial charge in [0.25, 0.3) is 0 Å². The highest BCUT2D eigenvalue weighted by atomic mass is 32.3. The molecule has 0 aliphatic rings. The maximum Gasteiger partial charge on any atom is 0.424 e. The molecule has 0 radical (unpaired) electrons. The van der Waals surface area contributed by atoms with E-state index >= 15 is 0 Å². The Morgan fingerprint density at radius 2 is 0.589 bits per heavy atom. The van der Waals surface area contributed by atoms with Crippen LogP contribution in [-0.2, 0) is 37.6 Å². The van der Waals surface area contributed by atoms with Crippen molar-refractivity contribution < 1.29 is 24.1 Å². The summed E-state index contributed by atoms with van der Waals surface area (Å²) in [4.78, 5) is 4.31. The minimum absolute atomic E-state index is 0.117. The summed E-state index contributed by atoms with van der Waals surface area (Å²) in [6.45, 7) is 12.8. The lowest BCUT2D eigenvalue weighted by molar-refractivity contribution is 0.345. The summed E-state index contributed by atoms with van der Waals surface area (Å²) < 4.78 is 66.1. The van der Waals surface area contributed by atoms with Crippen LogP contribution in [0.2, 0.25) is 0 Å². The van der Waals surface area contributed by atoms with E-state index in [2.05, 4.69) is 41.5 Å². The summed E-state index contributed by atoms with van der Waals surface area (Å²) in [6, 6.07) is 53.8. The summed E-state index contributed by atoms with van der Waals surface area (Å²) in [6.07, 6.45) is 0. The van der Waals surface area contributed by atoms with E-state index in [1.165, 1.54) is 0 Å². The fourth-order valence-electron chi connectivity index (χ4n) is 6.39. The van der Waals surface area contributed by atoms with E-state index in [9.17, 15) is 17.5 Å². The quantitative estimate of drug-likeness (QED) is 0.100. The van der Waals surface area contributed by atoms with Crippen molar-refractivity contribution in [3.8, 4) is 0 Å². The molecule has 6 nitrogen and oxygen atoms in total. The highest BCUT2D eigenvalue weighted by Crippen LogP contribution is 2.69. The number of hydrogen-bond acceptors (Lipinski definition) is 2. The van der Waals surface area contributed by atoms with Gasteiger partial charge in [-0.15, -0.1) is 15.0 Å². The Balaban J connectivity index is 1.53. The van der Waals surface area contributed by atoms with Crippen molar-refractivity contribution in [2.75, 3.05) is 11.5 Å². The smallest absolute Gasteiger partial charge is 0.245 e. The van der Waals surface area contributed by atoms with Crippen LogP contribution in [0.5, 0.6) is 0 Å². The molecule has 6 aromatic rings. The fourth-order valence-corrected chi connectivity index (χ4v) is 17.9. The van der Waals surface area contributed by atoms with Gasteiger partial charge in [0.2, 0.25) is 0 Å². The Morgan fingerprint density at radius 1 is 0.375 bits per heavy atom. The van der Waals surface area contributed by atoms with Gasteiger partial charge in [-0.2, -0.15) is 0 Å². The molecule has 0 amide bonds. The van der Waals surface area contributed by atoms with Crippen LogP contribution in [0, 0.1) is 0 Å². The minimum atomic E-state index is -4.25. The summed E-state index contributed by atoms with van der Waals surface area (Å²) in [7, 11) is -14.2. The molecule has 0 aromatic heterocycles. The fraction of sp³-hybridized carbons (Fsp3) is 0.217. The molecule has 2 atom stereocenters. The molecule has 0 aliphatic carbocycles. The second-order valence-electron chi connectivity index (χ2n) is 15.6. The highest BCUT2D eigenvalue weighted by Gasteiger charge is 2.48. The monoisotopic (exact) mass is 828 g/mol. The third-order valence-electron chi connectivity index (χ3n) is 9.42. The van der Waals surface area contributed by atoms with Crippen molar-refractivity contribution in [1.29, 1.82) is 0 Å². The average molecular weight is 829 g/mol. The zero-order valence-electron chi connectivity index (χ0n) is 32.7. The average Bonchev–Trinajstić information content (AvgIpc) is 3.19. The molecule has 6 rings (SSSR count). The summed E-state index contributed by atoms with van der Waals surface area (Å²) in [5, 5.41) is 0. The molecule has 0 saturated carbocycles. The van der Waals surface area contributed by atoms with Gasteiger partial charge in [-0.3, -0.25) is 0 Å². The molecule has 2 N–H and O–H groups in total. The van der Waals surface area contributed by atoms with Crippen molar-refractivity contribution in [2.45, 2.75) is 81.7 Å². The first-order valence-corrected chi connectivity index (χ1v) is 24.8. The second kappa shape index (κ2) is 16.4. The van der Waals surface area contributed by atoms with Crippen LogP contribution in [0.1, 0.15) is 52.7 Å². The molecule has 56 heavy (non-hydrogen) atoms. The number of hydrogen-bond donors (Lipinski definition) is 2. The molecular weight excluding hydrogens is 777 g/mol. The van der Waals surface area contributed by atoms with Gasteiger partial charge in [-0.05, 0) is 94.8 Å². The standard InChI is InChI=1S/C46H50O6S4/c1-45(2,3)37-27-31-43(32-28-37)55(39-19-11-7-12-20-39,40-21-13-8-14-22-40)51-53(47,48)35-36-54(49,50)52-56(41-23-15-9-16-24-41,42-25-17-10-18-26-42)44-33-29-38(30-34-44)46(4,5)6/h7-34H,35-36H2,1-6H3/p+2. The lowest BCUT2D eigenvalue weighted by atomic mass is 9.87. The van der Waals surface area contributed by atoms with E-state index in [1.807, 2.05) is 170 Å². The van der Waals surface area contributed by atoms with E-state index in [1.54, 1.807) is 0 Å². The molecule has 6 aromatic carbocycles. The van der Waals surface area contributed by atoms with Crippen LogP contribution in [0.3, 0.4) is 0 Å². The van der Waals surface area contributed by atoms with E-state index in [-0.39, 0.29) is 10.8 Å². The first-order chi connectivity index (χ1) is 26.5. The zero-order valence-corrected chi connectivity index (χ0v) is 36.0. The first-order valence-electron chi connectivity index (χ1n) is 18.5. The predicted octanol–water partition coefficient (Wildman–Crippen LogP) is 12.7. The Labute approximate surface area is 337 Å². The Kier molecular flexibility index (Phi) is 12.1. The van der Waals surface area contributed by atoms with Crippen molar-refractivity contribution >= 4 is 40.9 Å². The van der Waals surface area contributed by atoms with Crippen LogP contribution in [0.25, 0.3) is 0 Å².